The normalized spacial score (nSPS) is 10.3. The van der Waals surface area contributed by atoms with Crippen molar-refractivity contribution in [3.05, 3.63) is 49.1 Å². The molecule has 0 aliphatic heterocycles. The molecule has 0 aromatic heterocycles. The van der Waals surface area contributed by atoms with Crippen molar-refractivity contribution in [1.29, 1.82) is 0 Å². The molecule has 0 aliphatic carbocycles. The molecule has 0 heterocycles. The molecular weight excluding hydrogens is 296 g/mol. The van der Waals surface area contributed by atoms with Crippen molar-refractivity contribution < 1.29 is 23.7 Å². The molecule has 2 aromatic carbocycles. The predicted molar refractivity (Wildman–Crippen MR) is 88.0 cm³/mol. The molecule has 5 heteroatoms. The summed E-state index contributed by atoms with van der Waals surface area (Å²) in [5.74, 6) is 1.17. The summed E-state index contributed by atoms with van der Waals surface area (Å²) >= 11 is 0. The lowest BCUT2D eigenvalue weighted by atomic mass is 10.1. The number of carbonyl (C=O) groups excluding carboxylic acids is 1. The Kier molecular flexibility index (Phi) is 6.44. The van der Waals surface area contributed by atoms with E-state index >= 15 is 0 Å². The number of hydrogen-bond donors (Lipinski definition) is 0. The first-order valence-electron chi connectivity index (χ1n) is 7.30. The Morgan fingerprint density at radius 3 is 2.35 bits per heavy atom. The van der Waals surface area contributed by atoms with Gasteiger partial charge in [0.25, 0.3) is 0 Å². The summed E-state index contributed by atoms with van der Waals surface area (Å²) in [5.41, 5.74) is 0. The van der Waals surface area contributed by atoms with Crippen molar-refractivity contribution in [2.75, 3.05) is 33.5 Å². The third kappa shape index (κ3) is 5.30. The number of benzene rings is 2. The van der Waals surface area contributed by atoms with E-state index in [1.54, 1.807) is 7.11 Å². The van der Waals surface area contributed by atoms with Crippen LogP contribution in [-0.2, 0) is 14.3 Å². The van der Waals surface area contributed by atoms with E-state index in [9.17, 15) is 4.79 Å². The molecule has 2 rings (SSSR count). The van der Waals surface area contributed by atoms with Gasteiger partial charge in [0.1, 0.15) is 24.7 Å². The highest BCUT2D eigenvalue weighted by molar-refractivity contribution is 5.85. The van der Waals surface area contributed by atoms with Gasteiger partial charge in [-0.3, -0.25) is 0 Å². The van der Waals surface area contributed by atoms with Gasteiger partial charge in [-0.2, -0.15) is 0 Å². The Morgan fingerprint density at radius 2 is 1.65 bits per heavy atom. The highest BCUT2D eigenvalue weighted by atomic mass is 16.6. The number of esters is 1. The van der Waals surface area contributed by atoms with Crippen LogP contribution in [-0.4, -0.2) is 39.5 Å². The average Bonchev–Trinajstić information content (AvgIpc) is 2.60. The van der Waals surface area contributed by atoms with E-state index in [4.69, 9.17) is 18.9 Å². The lowest BCUT2D eigenvalue weighted by molar-refractivity contribution is -0.139. The Hall–Kier alpha value is -2.53. The molecule has 0 amide bonds. The van der Waals surface area contributed by atoms with E-state index < -0.39 is 5.97 Å². The van der Waals surface area contributed by atoms with Gasteiger partial charge in [0, 0.05) is 6.08 Å². The number of fused-ring (bicyclic) bond motifs is 1. The number of carbonyl (C=O) groups is 1. The summed E-state index contributed by atoms with van der Waals surface area (Å²) in [6.45, 7) is 4.71. The predicted octanol–water partition coefficient (Wildman–Crippen LogP) is 2.97. The van der Waals surface area contributed by atoms with Crippen LogP contribution in [0, 0.1) is 0 Å². The molecule has 2 aromatic rings. The van der Waals surface area contributed by atoms with E-state index in [0.29, 0.717) is 19.8 Å². The molecule has 0 fully saturated rings. The van der Waals surface area contributed by atoms with Gasteiger partial charge in [-0.15, -0.1) is 0 Å². The number of ether oxygens (including phenoxy) is 4. The van der Waals surface area contributed by atoms with Crippen LogP contribution in [0.4, 0.5) is 0 Å². The maximum Gasteiger partial charge on any atom is 0.330 e. The smallest absolute Gasteiger partial charge is 0.330 e. The summed E-state index contributed by atoms with van der Waals surface area (Å²) in [6.07, 6.45) is 1.12. The highest BCUT2D eigenvalue weighted by Gasteiger charge is 2.00. The van der Waals surface area contributed by atoms with Crippen LogP contribution in [0.25, 0.3) is 10.8 Å². The summed E-state index contributed by atoms with van der Waals surface area (Å²) in [7, 11) is 1.65. The van der Waals surface area contributed by atoms with Gasteiger partial charge in [-0.05, 0) is 35.0 Å². The van der Waals surface area contributed by atoms with Crippen molar-refractivity contribution >= 4 is 16.7 Å². The Balaban J connectivity index is 1.72. The summed E-state index contributed by atoms with van der Waals surface area (Å²) in [6, 6.07) is 11.8. The van der Waals surface area contributed by atoms with Gasteiger partial charge in [0.2, 0.25) is 0 Å². The molecule has 122 valence electrons. The summed E-state index contributed by atoms with van der Waals surface area (Å²) in [5, 5.41) is 2.18. The fraction of sp³-hybridized carbons (Fsp3) is 0.278. The molecule has 0 saturated heterocycles. The summed E-state index contributed by atoms with van der Waals surface area (Å²) in [4.78, 5) is 10.8. The van der Waals surface area contributed by atoms with Crippen LogP contribution in [0.1, 0.15) is 0 Å². The van der Waals surface area contributed by atoms with Crippen LogP contribution >= 0.6 is 0 Å². The van der Waals surface area contributed by atoms with Crippen LogP contribution in [0.15, 0.2) is 49.1 Å². The maximum atomic E-state index is 10.8. The average molecular weight is 316 g/mol. The van der Waals surface area contributed by atoms with Gasteiger partial charge < -0.3 is 18.9 Å². The molecule has 0 spiro atoms. The molecular formula is C18H20O5. The second-order valence-electron chi connectivity index (χ2n) is 4.71. The Morgan fingerprint density at radius 1 is 1.00 bits per heavy atom. The van der Waals surface area contributed by atoms with E-state index in [-0.39, 0.29) is 6.61 Å². The van der Waals surface area contributed by atoms with E-state index in [1.807, 2.05) is 36.4 Å². The topological polar surface area (TPSA) is 54.0 Å². The second-order valence-corrected chi connectivity index (χ2v) is 4.71. The van der Waals surface area contributed by atoms with Crippen LogP contribution in [0.3, 0.4) is 0 Å². The van der Waals surface area contributed by atoms with Crippen molar-refractivity contribution in [2.45, 2.75) is 0 Å². The zero-order valence-corrected chi connectivity index (χ0v) is 13.1. The molecule has 23 heavy (non-hydrogen) atoms. The van der Waals surface area contributed by atoms with Crippen molar-refractivity contribution in [1.82, 2.24) is 0 Å². The van der Waals surface area contributed by atoms with Crippen molar-refractivity contribution in [3.63, 3.8) is 0 Å². The van der Waals surface area contributed by atoms with Gasteiger partial charge in [0.15, 0.2) is 0 Å². The zero-order chi connectivity index (χ0) is 16.5. The Bertz CT molecular complexity index is 666. The summed E-state index contributed by atoms with van der Waals surface area (Å²) < 4.78 is 20.9. The monoisotopic (exact) mass is 316 g/mol. The van der Waals surface area contributed by atoms with Crippen LogP contribution in [0.5, 0.6) is 11.5 Å². The molecule has 0 aliphatic rings. The molecule has 0 saturated carbocycles. The van der Waals surface area contributed by atoms with E-state index in [0.717, 1.165) is 28.3 Å². The van der Waals surface area contributed by atoms with Gasteiger partial charge in [0.05, 0.1) is 20.3 Å². The van der Waals surface area contributed by atoms with Crippen LogP contribution < -0.4 is 9.47 Å². The molecule has 5 nitrogen and oxygen atoms in total. The Labute approximate surface area is 135 Å². The lowest BCUT2D eigenvalue weighted by Crippen LogP contribution is -2.12. The quantitative estimate of drug-likeness (QED) is 0.404. The second kappa shape index (κ2) is 8.80. The number of hydrogen-bond acceptors (Lipinski definition) is 5. The first-order valence-corrected chi connectivity index (χ1v) is 7.30. The standard InChI is InChI=1S/C18H20O5/c1-3-18(19)23-11-9-21-8-10-22-17-7-5-14-12-16(20-2)6-4-15(14)13-17/h3-7,12-13H,1,8-11H2,2H3. The third-order valence-corrected chi connectivity index (χ3v) is 3.15. The van der Waals surface area contributed by atoms with Crippen molar-refractivity contribution in [2.24, 2.45) is 0 Å². The SMILES string of the molecule is C=CC(=O)OCCOCCOc1ccc2cc(OC)ccc2c1. The van der Waals surface area contributed by atoms with Crippen molar-refractivity contribution in [3.8, 4) is 11.5 Å². The molecule has 0 bridgehead atoms. The number of rotatable bonds is 9. The van der Waals surface area contributed by atoms with Gasteiger partial charge in [-0.1, -0.05) is 18.7 Å². The fourth-order valence-electron chi connectivity index (χ4n) is 2.00. The lowest BCUT2D eigenvalue weighted by Gasteiger charge is -2.09. The minimum atomic E-state index is -0.447. The minimum absolute atomic E-state index is 0.211. The molecule has 0 N–H and O–H groups in total. The third-order valence-electron chi connectivity index (χ3n) is 3.15. The zero-order valence-electron chi connectivity index (χ0n) is 13.1. The number of methoxy groups -OCH3 is 1. The van der Waals surface area contributed by atoms with Gasteiger partial charge in [-0.25, -0.2) is 4.79 Å². The first kappa shape index (κ1) is 16.8. The van der Waals surface area contributed by atoms with Crippen LogP contribution in [0.2, 0.25) is 0 Å². The largest absolute Gasteiger partial charge is 0.497 e. The van der Waals surface area contributed by atoms with E-state index in [1.165, 1.54) is 0 Å². The minimum Gasteiger partial charge on any atom is -0.497 e. The first-order chi connectivity index (χ1) is 11.2. The highest BCUT2D eigenvalue weighted by Crippen LogP contribution is 2.24. The molecule has 0 unspecified atom stereocenters. The fourth-order valence-corrected chi connectivity index (χ4v) is 2.00. The maximum absolute atomic E-state index is 10.8. The molecule has 0 radical (unpaired) electrons. The van der Waals surface area contributed by atoms with E-state index in [2.05, 4.69) is 6.58 Å². The molecule has 0 atom stereocenters. The van der Waals surface area contributed by atoms with Gasteiger partial charge >= 0.3 is 5.97 Å².